The number of carbonyl (C=O) groups is 4. The Morgan fingerprint density at radius 3 is 2.32 bits per heavy atom. The molecular weight excluding hydrogens is 252 g/mol. The van der Waals surface area contributed by atoms with Crippen molar-refractivity contribution in [3.05, 3.63) is 23.9 Å². The summed E-state index contributed by atoms with van der Waals surface area (Å²) in [5, 5.41) is 2.45. The van der Waals surface area contributed by atoms with Crippen molar-refractivity contribution in [3.8, 4) is 0 Å². The fourth-order valence-electron chi connectivity index (χ4n) is 1.34. The van der Waals surface area contributed by atoms with Crippen molar-refractivity contribution in [3.63, 3.8) is 0 Å². The third-order valence-electron chi connectivity index (χ3n) is 2.26. The summed E-state index contributed by atoms with van der Waals surface area (Å²) in [7, 11) is 0. The molecule has 0 aromatic rings. The van der Waals surface area contributed by atoms with Gasteiger partial charge in [0.1, 0.15) is 0 Å². The highest BCUT2D eigenvalue weighted by molar-refractivity contribution is 6.14. The molecule has 0 aliphatic carbocycles. The second kappa shape index (κ2) is 6.45. The molecule has 0 aromatic heterocycles. The Bertz CT molecular complexity index is 463. The number of imide groups is 1. The summed E-state index contributed by atoms with van der Waals surface area (Å²) in [6, 6.07) is 0. The first-order valence-corrected chi connectivity index (χ1v) is 5.48. The van der Waals surface area contributed by atoms with E-state index in [0.717, 1.165) is 23.3 Å². The van der Waals surface area contributed by atoms with Crippen LogP contribution in [0.4, 0.5) is 0 Å². The van der Waals surface area contributed by atoms with Gasteiger partial charge in [0.15, 0.2) is 0 Å². The zero-order valence-electron chi connectivity index (χ0n) is 10.1. The maximum atomic E-state index is 11.4. The maximum absolute atomic E-state index is 11.4. The van der Waals surface area contributed by atoms with Crippen LogP contribution in [0.25, 0.3) is 0 Å². The number of rotatable bonds is 6. The smallest absolute Gasteiger partial charge is 0.257 e. The van der Waals surface area contributed by atoms with Gasteiger partial charge in [-0.2, -0.15) is 0 Å². The lowest BCUT2D eigenvalue weighted by molar-refractivity contribution is -0.133. The van der Waals surface area contributed by atoms with Gasteiger partial charge >= 0.3 is 0 Å². The van der Waals surface area contributed by atoms with Gasteiger partial charge < -0.3 is 16.8 Å². The summed E-state index contributed by atoms with van der Waals surface area (Å²) in [5.74, 6) is -2.53. The topological polar surface area (TPSA) is 136 Å². The van der Waals surface area contributed by atoms with E-state index < -0.39 is 23.6 Å². The average molecular weight is 266 g/mol. The van der Waals surface area contributed by atoms with Crippen LogP contribution in [0.2, 0.25) is 0 Å². The van der Waals surface area contributed by atoms with Gasteiger partial charge in [0.2, 0.25) is 11.8 Å². The molecule has 0 saturated heterocycles. The summed E-state index contributed by atoms with van der Waals surface area (Å²) in [6.45, 7) is 0.516. The van der Waals surface area contributed by atoms with Gasteiger partial charge in [-0.1, -0.05) is 0 Å². The number of carbonyl (C=O) groups excluding carboxylic acids is 4. The number of nitrogens with two attached hydrogens (primary N) is 2. The molecule has 0 radical (unpaired) electrons. The molecule has 102 valence electrons. The zero-order chi connectivity index (χ0) is 14.4. The molecule has 1 aliphatic rings. The lowest BCUT2D eigenvalue weighted by Crippen LogP contribution is -2.32. The van der Waals surface area contributed by atoms with E-state index >= 15 is 0 Å². The number of hydrogen-bond donors (Lipinski definition) is 3. The molecule has 0 fully saturated rings. The fourth-order valence-corrected chi connectivity index (χ4v) is 1.34. The summed E-state index contributed by atoms with van der Waals surface area (Å²) in [5.41, 5.74) is 10.2. The lowest BCUT2D eigenvalue weighted by Gasteiger charge is -2.10. The molecule has 19 heavy (non-hydrogen) atoms. The van der Waals surface area contributed by atoms with Gasteiger partial charge in [-0.3, -0.25) is 19.2 Å². The van der Waals surface area contributed by atoms with Gasteiger partial charge in [0.25, 0.3) is 11.8 Å². The van der Waals surface area contributed by atoms with Crippen LogP contribution in [0.5, 0.6) is 0 Å². The summed E-state index contributed by atoms with van der Waals surface area (Å²) < 4.78 is 0. The Kier molecular flexibility index (Phi) is 4.95. The zero-order valence-corrected chi connectivity index (χ0v) is 10.1. The van der Waals surface area contributed by atoms with E-state index in [1.807, 2.05) is 0 Å². The Labute approximate surface area is 109 Å². The number of nitrogens with one attached hydrogen (secondary N) is 1. The van der Waals surface area contributed by atoms with Gasteiger partial charge in [0, 0.05) is 37.0 Å². The number of amides is 4. The van der Waals surface area contributed by atoms with Crippen LogP contribution >= 0.6 is 0 Å². The van der Waals surface area contributed by atoms with E-state index in [0.29, 0.717) is 0 Å². The van der Waals surface area contributed by atoms with Crippen LogP contribution in [-0.4, -0.2) is 41.6 Å². The minimum absolute atomic E-state index is 0.139. The third-order valence-corrected chi connectivity index (χ3v) is 2.26. The van der Waals surface area contributed by atoms with Crippen molar-refractivity contribution in [2.75, 3.05) is 13.1 Å². The maximum Gasteiger partial charge on any atom is 0.257 e. The molecule has 4 amide bonds. The molecule has 0 saturated carbocycles. The fraction of sp³-hybridized carbons (Fsp3) is 0.273. The van der Waals surface area contributed by atoms with Crippen LogP contribution in [-0.2, 0) is 19.2 Å². The van der Waals surface area contributed by atoms with Crippen LogP contribution in [0.3, 0.4) is 0 Å². The highest BCUT2D eigenvalue weighted by Gasteiger charge is 2.23. The predicted octanol–water partition coefficient (Wildman–Crippen LogP) is -2.25. The van der Waals surface area contributed by atoms with E-state index in [9.17, 15) is 19.2 Å². The van der Waals surface area contributed by atoms with Crippen molar-refractivity contribution in [2.24, 2.45) is 11.5 Å². The molecule has 1 aliphatic heterocycles. The molecule has 8 nitrogen and oxygen atoms in total. The highest BCUT2D eigenvalue weighted by atomic mass is 16.2. The largest absolute Gasteiger partial charge is 0.366 e. The van der Waals surface area contributed by atoms with Crippen molar-refractivity contribution in [1.82, 2.24) is 10.2 Å². The minimum Gasteiger partial charge on any atom is -0.366 e. The van der Waals surface area contributed by atoms with Crippen LogP contribution in [0, 0.1) is 0 Å². The molecule has 0 aromatic carbocycles. The molecule has 0 spiro atoms. The lowest BCUT2D eigenvalue weighted by atomic mass is 10.2. The molecule has 0 unspecified atom stereocenters. The van der Waals surface area contributed by atoms with Crippen molar-refractivity contribution in [1.29, 1.82) is 0 Å². The first-order valence-electron chi connectivity index (χ1n) is 5.48. The molecule has 0 atom stereocenters. The van der Waals surface area contributed by atoms with Crippen LogP contribution < -0.4 is 16.8 Å². The first kappa shape index (κ1) is 14.6. The third kappa shape index (κ3) is 4.03. The van der Waals surface area contributed by atoms with Crippen molar-refractivity contribution in [2.45, 2.75) is 6.42 Å². The van der Waals surface area contributed by atoms with E-state index in [2.05, 4.69) is 5.32 Å². The van der Waals surface area contributed by atoms with Crippen LogP contribution in [0.15, 0.2) is 23.9 Å². The highest BCUT2D eigenvalue weighted by Crippen LogP contribution is 2.09. The Morgan fingerprint density at radius 2 is 1.84 bits per heavy atom. The van der Waals surface area contributed by atoms with Gasteiger partial charge in [-0.05, 0) is 0 Å². The second-order valence-electron chi connectivity index (χ2n) is 3.71. The standard InChI is InChI=1S/C11H14N4O4/c12-3-4-14-8(16)5-7(11(13)19)6-15-9(17)1-2-10(15)18/h1-2,6H,3-5,12H2,(H2,13,19)(H,14,16). The average Bonchev–Trinajstić information content (AvgIpc) is 2.66. The number of primary amides is 1. The summed E-state index contributed by atoms with van der Waals surface area (Å²) >= 11 is 0. The number of nitrogens with zero attached hydrogens (tertiary/aromatic N) is 1. The Morgan fingerprint density at radius 1 is 1.26 bits per heavy atom. The van der Waals surface area contributed by atoms with E-state index in [1.54, 1.807) is 0 Å². The predicted molar refractivity (Wildman–Crippen MR) is 65.0 cm³/mol. The molecular formula is C11H14N4O4. The minimum atomic E-state index is -0.879. The molecule has 0 bridgehead atoms. The summed E-state index contributed by atoms with van der Waals surface area (Å²) in [4.78, 5) is 46.0. The molecule has 1 heterocycles. The van der Waals surface area contributed by atoms with Gasteiger partial charge in [-0.25, -0.2) is 4.90 Å². The Hall–Kier alpha value is -2.48. The molecule has 8 heteroatoms. The number of hydrogen-bond acceptors (Lipinski definition) is 5. The second-order valence-corrected chi connectivity index (χ2v) is 3.71. The monoisotopic (exact) mass is 266 g/mol. The quantitative estimate of drug-likeness (QED) is 0.368. The normalized spacial score (nSPS) is 15.0. The van der Waals surface area contributed by atoms with E-state index in [4.69, 9.17) is 11.5 Å². The van der Waals surface area contributed by atoms with Gasteiger partial charge in [0.05, 0.1) is 6.42 Å². The van der Waals surface area contributed by atoms with Gasteiger partial charge in [-0.15, -0.1) is 0 Å². The summed E-state index contributed by atoms with van der Waals surface area (Å²) in [6.07, 6.45) is 2.78. The van der Waals surface area contributed by atoms with Crippen LogP contribution in [0.1, 0.15) is 6.42 Å². The van der Waals surface area contributed by atoms with Crippen molar-refractivity contribution < 1.29 is 19.2 Å². The van der Waals surface area contributed by atoms with E-state index in [1.165, 1.54) is 0 Å². The Balaban J connectivity index is 2.78. The molecule has 1 rings (SSSR count). The van der Waals surface area contributed by atoms with Crippen molar-refractivity contribution >= 4 is 23.6 Å². The van der Waals surface area contributed by atoms with E-state index in [-0.39, 0.29) is 25.1 Å². The SMILES string of the molecule is NCCNC(=O)CC(=CN1C(=O)C=CC1=O)C(N)=O. The first-order chi connectivity index (χ1) is 8.95. The molecule has 5 N–H and O–H groups in total.